The van der Waals surface area contributed by atoms with Crippen LogP contribution in [0.3, 0.4) is 0 Å². The first-order valence-corrected chi connectivity index (χ1v) is 28.2. The average molecular weight is 1050 g/mol. The Morgan fingerprint density at radius 3 is 1.51 bits per heavy atom. The van der Waals surface area contributed by atoms with E-state index in [4.69, 9.17) is 14.2 Å². The van der Waals surface area contributed by atoms with Crippen LogP contribution in [-0.2, 0) is 0 Å². The number of hydrogen-bond acceptors (Lipinski definition) is 7. The van der Waals surface area contributed by atoms with E-state index < -0.39 is 0 Å². The highest BCUT2D eigenvalue weighted by Crippen LogP contribution is 2.51. The normalized spacial score (nSPS) is 13.7. The molecule has 0 N–H and O–H groups in total. The molecular formula is C72H45B3N4O3. The number of benzene rings is 12. The fourth-order valence-corrected chi connectivity index (χ4v) is 14.3. The Bertz CT molecular complexity index is 4630. The number of rotatable bonds is 7. The quantitative estimate of drug-likeness (QED) is 0.147. The maximum Gasteiger partial charge on any atom is 0.256 e. The highest BCUT2D eigenvalue weighted by molar-refractivity contribution is 7.05. The first-order chi connectivity index (χ1) is 40.7. The van der Waals surface area contributed by atoms with Crippen molar-refractivity contribution in [2.24, 2.45) is 0 Å². The minimum absolute atomic E-state index is 0.0735. The Balaban J connectivity index is 0.880. The average Bonchev–Trinajstić information content (AvgIpc) is 0.983. The van der Waals surface area contributed by atoms with Crippen molar-refractivity contribution in [3.8, 4) is 34.5 Å². The van der Waals surface area contributed by atoms with E-state index in [-0.39, 0.29) is 20.1 Å². The van der Waals surface area contributed by atoms with E-state index >= 15 is 0 Å². The predicted molar refractivity (Wildman–Crippen MR) is 339 cm³/mol. The maximum absolute atomic E-state index is 7.60. The zero-order valence-electron chi connectivity index (χ0n) is 44.2. The van der Waals surface area contributed by atoms with E-state index in [9.17, 15) is 0 Å². The molecule has 0 radical (unpaired) electrons. The Kier molecular flexibility index (Phi) is 9.65. The van der Waals surface area contributed by atoms with Crippen LogP contribution in [-0.4, -0.2) is 20.1 Å². The summed E-state index contributed by atoms with van der Waals surface area (Å²) in [5.74, 6) is 4.99. The minimum Gasteiger partial charge on any atom is -0.458 e. The molecule has 12 aromatic rings. The van der Waals surface area contributed by atoms with E-state index in [1.165, 1.54) is 60.8 Å². The molecule has 18 rings (SSSR count). The van der Waals surface area contributed by atoms with Crippen molar-refractivity contribution in [1.82, 2.24) is 0 Å². The van der Waals surface area contributed by atoms with Gasteiger partial charge in [-0.05, 0) is 152 Å². The molecule has 0 spiro atoms. The van der Waals surface area contributed by atoms with E-state index in [0.717, 1.165) is 91.1 Å². The molecule has 0 amide bonds. The van der Waals surface area contributed by atoms with Crippen LogP contribution in [0.2, 0.25) is 0 Å². The molecule has 0 saturated carbocycles. The molecule has 0 atom stereocenters. The molecule has 12 aromatic carbocycles. The number of para-hydroxylation sites is 7. The molecule has 6 aliphatic rings. The first-order valence-electron chi connectivity index (χ1n) is 28.2. The number of hydrogen-bond donors (Lipinski definition) is 0. The molecule has 0 saturated heterocycles. The Hall–Kier alpha value is -10.6. The lowest BCUT2D eigenvalue weighted by Gasteiger charge is -2.49. The van der Waals surface area contributed by atoms with E-state index in [1.54, 1.807) is 0 Å². The largest absolute Gasteiger partial charge is 0.458 e. The zero-order chi connectivity index (χ0) is 53.6. The second-order valence-corrected chi connectivity index (χ2v) is 21.9. The summed E-state index contributed by atoms with van der Waals surface area (Å²) < 4.78 is 20.9. The molecule has 6 heterocycles. The Morgan fingerprint density at radius 2 is 0.793 bits per heavy atom. The van der Waals surface area contributed by atoms with Crippen LogP contribution in [0.1, 0.15) is 0 Å². The summed E-state index contributed by atoms with van der Waals surface area (Å²) in [6.45, 7) is -0.325. The van der Waals surface area contributed by atoms with Gasteiger partial charge in [-0.1, -0.05) is 152 Å². The van der Waals surface area contributed by atoms with Crippen LogP contribution in [0.5, 0.6) is 34.5 Å². The fraction of sp³-hybridized carbons (Fsp3) is 0. The lowest BCUT2D eigenvalue weighted by atomic mass is 9.28. The Morgan fingerprint density at radius 1 is 0.280 bits per heavy atom. The highest BCUT2D eigenvalue weighted by atomic mass is 16.5. The molecule has 6 aliphatic heterocycles. The van der Waals surface area contributed by atoms with Gasteiger partial charge in [0.1, 0.15) is 34.5 Å². The third kappa shape index (κ3) is 6.51. The SMILES string of the molecule is c1ccc(Oc2cccc(N(c3ccccc3)c3ccc4c(c3)Oc3cc5c6c7c3B4c3ccccc3N7c3ccccc3B6c3cc4c(cc3N5c3ccccc3)N(c3ccccc3)c3cccc5c3B4c3ccccc3O5)c2)cc1. The first kappa shape index (κ1) is 45.3. The molecule has 7 nitrogen and oxygen atoms in total. The van der Waals surface area contributed by atoms with Crippen molar-refractivity contribution in [1.29, 1.82) is 0 Å². The van der Waals surface area contributed by atoms with Crippen molar-refractivity contribution in [3.05, 3.63) is 273 Å². The van der Waals surface area contributed by atoms with Crippen molar-refractivity contribution in [3.63, 3.8) is 0 Å². The number of nitrogens with zero attached hydrogens (tertiary/aromatic N) is 4. The fourth-order valence-electron chi connectivity index (χ4n) is 14.3. The predicted octanol–water partition coefficient (Wildman–Crippen LogP) is 12.4. The Labute approximate surface area is 476 Å². The van der Waals surface area contributed by atoms with Crippen LogP contribution < -0.4 is 83.0 Å². The van der Waals surface area contributed by atoms with Crippen LogP contribution in [0, 0.1) is 0 Å². The molecular weight excluding hydrogens is 1000 g/mol. The summed E-state index contributed by atoms with van der Waals surface area (Å²) in [7, 11) is 0. The van der Waals surface area contributed by atoms with Crippen molar-refractivity contribution in [2.75, 3.05) is 19.6 Å². The van der Waals surface area contributed by atoms with E-state index in [1.807, 2.05) is 36.4 Å². The molecule has 82 heavy (non-hydrogen) atoms. The molecule has 0 aliphatic carbocycles. The van der Waals surface area contributed by atoms with Gasteiger partial charge in [-0.2, -0.15) is 0 Å². The summed E-state index contributed by atoms with van der Waals surface area (Å²) in [6.07, 6.45) is 0. The smallest absolute Gasteiger partial charge is 0.256 e. The van der Waals surface area contributed by atoms with Crippen LogP contribution in [0.4, 0.5) is 68.2 Å². The summed E-state index contributed by atoms with van der Waals surface area (Å²) in [5, 5.41) is 0. The van der Waals surface area contributed by atoms with Crippen LogP contribution in [0.15, 0.2) is 273 Å². The van der Waals surface area contributed by atoms with Gasteiger partial charge in [-0.3, -0.25) is 0 Å². The van der Waals surface area contributed by atoms with Gasteiger partial charge in [-0.25, -0.2) is 0 Å². The molecule has 0 bridgehead atoms. The number of ether oxygens (including phenoxy) is 3. The molecule has 10 heteroatoms. The molecule has 0 fully saturated rings. The van der Waals surface area contributed by atoms with Gasteiger partial charge >= 0.3 is 0 Å². The molecule has 380 valence electrons. The van der Waals surface area contributed by atoms with E-state index in [0.29, 0.717) is 0 Å². The van der Waals surface area contributed by atoms with Gasteiger partial charge in [-0.15, -0.1) is 0 Å². The van der Waals surface area contributed by atoms with Crippen molar-refractivity contribution in [2.45, 2.75) is 0 Å². The topological polar surface area (TPSA) is 40.7 Å². The van der Waals surface area contributed by atoms with E-state index in [2.05, 4.69) is 256 Å². The maximum atomic E-state index is 7.60. The third-order valence-electron chi connectivity index (χ3n) is 17.5. The van der Waals surface area contributed by atoms with Gasteiger partial charge in [0.05, 0.1) is 0 Å². The van der Waals surface area contributed by atoms with Crippen molar-refractivity contribution < 1.29 is 14.2 Å². The zero-order valence-corrected chi connectivity index (χ0v) is 44.2. The van der Waals surface area contributed by atoms with Gasteiger partial charge in [0.25, 0.3) is 20.1 Å². The minimum atomic E-state index is -0.129. The van der Waals surface area contributed by atoms with Crippen LogP contribution >= 0.6 is 0 Å². The van der Waals surface area contributed by atoms with Gasteiger partial charge in [0.15, 0.2) is 0 Å². The second-order valence-electron chi connectivity index (χ2n) is 21.9. The van der Waals surface area contributed by atoms with Gasteiger partial charge in [0.2, 0.25) is 0 Å². The van der Waals surface area contributed by atoms with Crippen molar-refractivity contribution >= 4 is 138 Å². The number of fused-ring (bicyclic) bond motifs is 14. The van der Waals surface area contributed by atoms with Crippen LogP contribution in [0.25, 0.3) is 0 Å². The summed E-state index contributed by atoms with van der Waals surface area (Å²) >= 11 is 0. The highest BCUT2D eigenvalue weighted by Gasteiger charge is 2.52. The third-order valence-corrected chi connectivity index (χ3v) is 17.5. The number of anilines is 12. The lowest BCUT2D eigenvalue weighted by Crippen LogP contribution is -2.68. The second kappa shape index (κ2) is 17.5. The summed E-state index contributed by atoms with van der Waals surface area (Å²) in [5.41, 5.74) is 24.1. The van der Waals surface area contributed by atoms with Gasteiger partial charge in [0, 0.05) is 86.4 Å². The lowest BCUT2D eigenvalue weighted by molar-refractivity contribution is 0.483. The molecule has 0 unspecified atom stereocenters. The standard InChI is InChI=1S/C72H45B3N4O3/c1-5-21-46(22-6-1)76(49-27-19-30-52(41-49)80-51-28-11-4-12-29-51)50-39-40-56-67(42-50)82-68-45-64-70-72-71(68)73(56)53-31-13-16-34-59(53)79(72)60-35-17-14-32-54(60)74(70)57-43-58-62(44-63(57)78(64)48-25-9-3-10-26-48)77(47-23-7-2-8-24-47)61-36-20-38-66-69(61)75(58)55-33-15-18-37-65(55)81-66/h1-45H. The van der Waals surface area contributed by atoms with Gasteiger partial charge < -0.3 is 33.8 Å². The monoisotopic (exact) mass is 1050 g/mol. The molecule has 0 aromatic heterocycles. The summed E-state index contributed by atoms with van der Waals surface area (Å²) in [6, 6.07) is 98.1. The summed E-state index contributed by atoms with van der Waals surface area (Å²) in [4.78, 5) is 9.82.